The molecule has 6 heteroatoms. The van der Waals surface area contributed by atoms with Crippen LogP contribution < -0.4 is 10.5 Å². The molecule has 0 radical (unpaired) electrons. The lowest BCUT2D eigenvalue weighted by molar-refractivity contribution is 0.580. The van der Waals surface area contributed by atoms with E-state index in [0.717, 1.165) is 12.2 Å². The maximum Gasteiger partial charge on any atom is 0.211 e. The average Bonchev–Trinajstić information content (AvgIpc) is 2.05. The van der Waals surface area contributed by atoms with Crippen molar-refractivity contribution in [2.24, 2.45) is 5.73 Å². The summed E-state index contributed by atoms with van der Waals surface area (Å²) in [6, 6.07) is 0. The van der Waals surface area contributed by atoms with Gasteiger partial charge in [-0.05, 0) is 25.6 Å². The third-order valence-corrected chi connectivity index (χ3v) is 3.58. The van der Waals surface area contributed by atoms with Crippen LogP contribution in [0.1, 0.15) is 12.8 Å². The van der Waals surface area contributed by atoms with Gasteiger partial charge in [0.1, 0.15) is 0 Å². The first-order chi connectivity index (χ1) is 6.12. The molecule has 80 valence electrons. The number of hydrogen-bond donors (Lipinski definition) is 2. The highest BCUT2D eigenvalue weighted by molar-refractivity contribution is 7.98. The van der Waals surface area contributed by atoms with Gasteiger partial charge in [-0.15, -0.1) is 0 Å². The van der Waals surface area contributed by atoms with E-state index >= 15 is 0 Å². The van der Waals surface area contributed by atoms with Gasteiger partial charge in [-0.2, -0.15) is 11.8 Å². The van der Waals surface area contributed by atoms with Gasteiger partial charge in [0.2, 0.25) is 10.0 Å². The third kappa shape index (κ3) is 8.55. The minimum atomic E-state index is -3.04. The van der Waals surface area contributed by atoms with Crippen LogP contribution in [0.15, 0.2) is 0 Å². The van der Waals surface area contributed by atoms with Crippen molar-refractivity contribution in [1.82, 2.24) is 4.72 Å². The van der Waals surface area contributed by atoms with E-state index < -0.39 is 10.0 Å². The Labute approximate surface area is 84.7 Å². The van der Waals surface area contributed by atoms with Crippen molar-refractivity contribution in [3.63, 3.8) is 0 Å². The van der Waals surface area contributed by atoms with Crippen LogP contribution in [-0.2, 0) is 10.0 Å². The molecule has 0 heterocycles. The molecule has 0 spiro atoms. The van der Waals surface area contributed by atoms with E-state index in [0.29, 0.717) is 19.5 Å². The van der Waals surface area contributed by atoms with Crippen LogP contribution in [0.25, 0.3) is 0 Å². The molecule has 0 aliphatic carbocycles. The van der Waals surface area contributed by atoms with E-state index in [2.05, 4.69) is 4.72 Å². The molecule has 13 heavy (non-hydrogen) atoms. The van der Waals surface area contributed by atoms with Gasteiger partial charge in [-0.3, -0.25) is 0 Å². The van der Waals surface area contributed by atoms with E-state index in [4.69, 9.17) is 5.73 Å². The van der Waals surface area contributed by atoms with Crippen molar-refractivity contribution >= 4 is 21.8 Å². The van der Waals surface area contributed by atoms with Crippen LogP contribution in [0.4, 0.5) is 0 Å². The Bertz CT molecular complexity index is 189. The minimum Gasteiger partial charge on any atom is -0.330 e. The largest absolute Gasteiger partial charge is 0.330 e. The number of thioether (sulfide) groups is 1. The lowest BCUT2D eigenvalue weighted by Gasteiger charge is -2.04. The van der Waals surface area contributed by atoms with Gasteiger partial charge in [0.25, 0.3) is 0 Å². The van der Waals surface area contributed by atoms with Crippen LogP contribution in [0.3, 0.4) is 0 Å². The number of sulfonamides is 1. The van der Waals surface area contributed by atoms with Gasteiger partial charge in [0.05, 0.1) is 5.75 Å². The van der Waals surface area contributed by atoms with Crippen molar-refractivity contribution in [2.75, 3.05) is 30.9 Å². The Kier molecular flexibility index (Phi) is 7.74. The number of unbranched alkanes of at least 4 members (excludes halogenated alkanes) is 1. The summed E-state index contributed by atoms with van der Waals surface area (Å²) < 4.78 is 25.0. The first-order valence-electron chi connectivity index (χ1n) is 4.28. The van der Waals surface area contributed by atoms with E-state index in [-0.39, 0.29) is 5.75 Å². The molecular formula is C7H18N2O2S2. The van der Waals surface area contributed by atoms with Gasteiger partial charge in [-0.1, -0.05) is 0 Å². The molecule has 0 aromatic carbocycles. The first-order valence-corrected chi connectivity index (χ1v) is 7.33. The summed E-state index contributed by atoms with van der Waals surface area (Å²) in [6.45, 7) is 1.08. The van der Waals surface area contributed by atoms with Crippen LogP contribution in [0.5, 0.6) is 0 Å². The molecule has 0 bridgehead atoms. The second-order valence-corrected chi connectivity index (χ2v) is 5.61. The molecule has 0 saturated carbocycles. The summed E-state index contributed by atoms with van der Waals surface area (Å²) in [5.41, 5.74) is 5.26. The fourth-order valence-electron chi connectivity index (χ4n) is 0.808. The summed E-state index contributed by atoms with van der Waals surface area (Å²) in [7, 11) is -3.04. The summed E-state index contributed by atoms with van der Waals surface area (Å²) in [4.78, 5) is 0. The SMILES string of the molecule is CSCCNS(=O)(=O)CCCCN. The lowest BCUT2D eigenvalue weighted by Crippen LogP contribution is -2.28. The lowest BCUT2D eigenvalue weighted by atomic mass is 10.3. The topological polar surface area (TPSA) is 72.2 Å². The average molecular weight is 226 g/mol. The highest BCUT2D eigenvalue weighted by Gasteiger charge is 2.07. The standard InChI is InChI=1S/C7H18N2O2S2/c1-12-6-5-9-13(10,11)7-3-2-4-8/h9H,2-8H2,1H3. The molecule has 0 atom stereocenters. The molecule has 0 saturated heterocycles. The van der Waals surface area contributed by atoms with Crippen LogP contribution in [-0.4, -0.2) is 39.3 Å². The van der Waals surface area contributed by atoms with Crippen molar-refractivity contribution in [2.45, 2.75) is 12.8 Å². The molecule has 3 N–H and O–H groups in total. The molecule has 0 rings (SSSR count). The maximum absolute atomic E-state index is 11.2. The summed E-state index contributed by atoms with van der Waals surface area (Å²) in [5.74, 6) is 1.01. The van der Waals surface area contributed by atoms with Crippen molar-refractivity contribution in [3.8, 4) is 0 Å². The van der Waals surface area contributed by atoms with E-state index in [1.807, 2.05) is 6.26 Å². The molecule has 0 fully saturated rings. The molecular weight excluding hydrogens is 208 g/mol. The summed E-state index contributed by atoms with van der Waals surface area (Å²) in [5, 5.41) is 0. The zero-order valence-electron chi connectivity index (χ0n) is 7.95. The summed E-state index contributed by atoms with van der Waals surface area (Å²) in [6.07, 6.45) is 3.36. The normalized spacial score (nSPS) is 11.8. The Balaban J connectivity index is 3.55. The Hall–Kier alpha value is 0.220. The van der Waals surface area contributed by atoms with Crippen LogP contribution >= 0.6 is 11.8 Å². The molecule has 0 aromatic rings. The maximum atomic E-state index is 11.2. The fourth-order valence-corrected chi connectivity index (χ4v) is 2.38. The Morgan fingerprint density at radius 2 is 2.08 bits per heavy atom. The second-order valence-electron chi connectivity index (χ2n) is 2.70. The zero-order chi connectivity index (χ0) is 10.2. The fraction of sp³-hybridized carbons (Fsp3) is 1.00. The van der Waals surface area contributed by atoms with Gasteiger partial charge in [-0.25, -0.2) is 13.1 Å². The van der Waals surface area contributed by atoms with Crippen LogP contribution in [0, 0.1) is 0 Å². The van der Waals surface area contributed by atoms with Crippen LogP contribution in [0.2, 0.25) is 0 Å². The predicted octanol–water partition coefficient (Wildman–Crippen LogP) is 0.00770. The molecule has 0 amide bonds. The van der Waals surface area contributed by atoms with E-state index in [1.54, 1.807) is 11.8 Å². The van der Waals surface area contributed by atoms with Gasteiger partial charge < -0.3 is 5.73 Å². The predicted molar refractivity (Wildman–Crippen MR) is 58.5 cm³/mol. The smallest absolute Gasteiger partial charge is 0.211 e. The van der Waals surface area contributed by atoms with Crippen molar-refractivity contribution < 1.29 is 8.42 Å². The quantitative estimate of drug-likeness (QED) is 0.572. The molecule has 0 aliphatic heterocycles. The third-order valence-electron chi connectivity index (χ3n) is 1.50. The van der Waals surface area contributed by atoms with Gasteiger partial charge >= 0.3 is 0 Å². The highest BCUT2D eigenvalue weighted by Crippen LogP contribution is 1.94. The number of hydrogen-bond acceptors (Lipinski definition) is 4. The Morgan fingerprint density at radius 3 is 2.62 bits per heavy atom. The van der Waals surface area contributed by atoms with E-state index in [9.17, 15) is 8.42 Å². The first kappa shape index (κ1) is 13.2. The molecule has 4 nitrogen and oxygen atoms in total. The zero-order valence-corrected chi connectivity index (χ0v) is 9.59. The van der Waals surface area contributed by atoms with E-state index in [1.165, 1.54) is 0 Å². The summed E-state index contributed by atoms with van der Waals surface area (Å²) >= 11 is 1.62. The number of rotatable bonds is 8. The Morgan fingerprint density at radius 1 is 1.38 bits per heavy atom. The minimum absolute atomic E-state index is 0.193. The monoisotopic (exact) mass is 226 g/mol. The molecule has 0 aromatic heterocycles. The number of nitrogens with one attached hydrogen (secondary N) is 1. The van der Waals surface area contributed by atoms with Crippen molar-refractivity contribution in [3.05, 3.63) is 0 Å². The number of nitrogens with two attached hydrogens (primary N) is 1. The van der Waals surface area contributed by atoms with Gasteiger partial charge in [0.15, 0.2) is 0 Å². The van der Waals surface area contributed by atoms with Gasteiger partial charge in [0, 0.05) is 12.3 Å². The second kappa shape index (κ2) is 7.61. The molecule has 0 unspecified atom stereocenters. The van der Waals surface area contributed by atoms with Crippen molar-refractivity contribution in [1.29, 1.82) is 0 Å². The molecule has 0 aliphatic rings. The highest BCUT2D eigenvalue weighted by atomic mass is 32.2.